The van der Waals surface area contributed by atoms with Gasteiger partial charge in [0.15, 0.2) is 0 Å². The zero-order chi connectivity index (χ0) is 20.1. The van der Waals surface area contributed by atoms with Gasteiger partial charge in [-0.15, -0.1) is 0 Å². The van der Waals surface area contributed by atoms with E-state index >= 15 is 0 Å². The number of nitrogens with one attached hydrogen (secondary N) is 2. The average molecular weight is 398 g/mol. The molecule has 29 heavy (non-hydrogen) atoms. The van der Waals surface area contributed by atoms with Gasteiger partial charge in [0.25, 0.3) is 0 Å². The van der Waals surface area contributed by atoms with Crippen LogP contribution >= 0.6 is 0 Å². The molecular formula is C20H26N6O3. The Hall–Kier alpha value is -2.65. The van der Waals surface area contributed by atoms with Crippen LogP contribution in [-0.4, -0.2) is 71.2 Å². The van der Waals surface area contributed by atoms with E-state index in [1.807, 2.05) is 12.1 Å². The molecule has 154 valence electrons. The zero-order valence-corrected chi connectivity index (χ0v) is 16.6. The van der Waals surface area contributed by atoms with Crippen molar-refractivity contribution in [1.29, 1.82) is 0 Å². The number of piperazine rings is 1. The normalized spacial score (nSPS) is 24.0. The Morgan fingerprint density at radius 2 is 1.79 bits per heavy atom. The molecule has 0 bridgehead atoms. The second kappa shape index (κ2) is 7.00. The summed E-state index contributed by atoms with van der Waals surface area (Å²) in [5, 5.41) is 5.70. The summed E-state index contributed by atoms with van der Waals surface area (Å²) < 4.78 is 3.19. The fourth-order valence-electron chi connectivity index (χ4n) is 4.76. The van der Waals surface area contributed by atoms with Crippen molar-refractivity contribution in [2.75, 3.05) is 44.2 Å². The van der Waals surface area contributed by atoms with E-state index in [2.05, 4.69) is 26.5 Å². The molecular weight excluding hydrogens is 372 g/mol. The van der Waals surface area contributed by atoms with Crippen LogP contribution < -0.4 is 21.2 Å². The minimum Gasteiger partial charge on any atom is -0.367 e. The van der Waals surface area contributed by atoms with E-state index in [0.717, 1.165) is 56.0 Å². The first-order chi connectivity index (χ1) is 14.0. The minimum atomic E-state index is -0.651. The molecule has 5 rings (SSSR count). The maximum absolute atomic E-state index is 13.1. The van der Waals surface area contributed by atoms with E-state index in [1.165, 1.54) is 0 Å². The molecule has 4 heterocycles. The number of fused-ring (bicyclic) bond motifs is 1. The van der Waals surface area contributed by atoms with Crippen LogP contribution in [-0.2, 0) is 16.6 Å². The summed E-state index contributed by atoms with van der Waals surface area (Å²) in [6, 6.07) is 5.88. The van der Waals surface area contributed by atoms with Crippen molar-refractivity contribution in [2.24, 2.45) is 7.05 Å². The fourth-order valence-corrected chi connectivity index (χ4v) is 4.76. The van der Waals surface area contributed by atoms with E-state index in [9.17, 15) is 14.4 Å². The molecule has 0 spiro atoms. The summed E-state index contributed by atoms with van der Waals surface area (Å²) in [7, 11) is 1.76. The first-order valence-electron chi connectivity index (χ1n) is 10.3. The summed E-state index contributed by atoms with van der Waals surface area (Å²) in [6.45, 7) is 5.97. The topological polar surface area (TPSA) is 91.6 Å². The Bertz CT molecular complexity index is 1030. The molecule has 2 amide bonds. The second-order valence-electron chi connectivity index (χ2n) is 8.16. The molecule has 0 saturated carbocycles. The van der Waals surface area contributed by atoms with Crippen LogP contribution in [0.15, 0.2) is 23.0 Å². The number of piperidine rings is 1. The molecule has 9 heteroatoms. The molecule has 0 aliphatic carbocycles. The summed E-state index contributed by atoms with van der Waals surface area (Å²) in [6.07, 6.45) is 0.596. The van der Waals surface area contributed by atoms with Gasteiger partial charge in [-0.3, -0.25) is 28.9 Å². The van der Waals surface area contributed by atoms with Crippen LogP contribution in [0.1, 0.15) is 18.9 Å². The van der Waals surface area contributed by atoms with Crippen molar-refractivity contribution < 1.29 is 9.59 Å². The maximum Gasteiger partial charge on any atom is 0.329 e. The van der Waals surface area contributed by atoms with E-state index in [1.54, 1.807) is 16.2 Å². The third-order valence-corrected chi connectivity index (χ3v) is 6.53. The molecule has 0 radical (unpaired) electrons. The molecule has 1 unspecified atom stereocenters. The lowest BCUT2D eigenvalue weighted by Gasteiger charge is -2.44. The number of aromatic nitrogens is 2. The highest BCUT2D eigenvalue weighted by Crippen LogP contribution is 2.30. The Morgan fingerprint density at radius 1 is 1.03 bits per heavy atom. The number of imide groups is 1. The van der Waals surface area contributed by atoms with Crippen LogP contribution in [0.3, 0.4) is 0 Å². The Morgan fingerprint density at radius 3 is 2.45 bits per heavy atom. The molecule has 9 nitrogen and oxygen atoms in total. The lowest BCUT2D eigenvalue weighted by Crippen LogP contribution is -2.61. The number of benzene rings is 1. The summed E-state index contributed by atoms with van der Waals surface area (Å²) >= 11 is 0. The quantitative estimate of drug-likeness (QED) is 0.672. The van der Waals surface area contributed by atoms with Crippen molar-refractivity contribution >= 4 is 28.5 Å². The van der Waals surface area contributed by atoms with Gasteiger partial charge in [0.05, 0.1) is 16.7 Å². The molecule has 1 atom stereocenters. The van der Waals surface area contributed by atoms with Gasteiger partial charge in [0.2, 0.25) is 11.8 Å². The van der Waals surface area contributed by atoms with Crippen molar-refractivity contribution in [3.05, 3.63) is 28.7 Å². The minimum absolute atomic E-state index is 0.221. The van der Waals surface area contributed by atoms with Crippen molar-refractivity contribution in [1.82, 2.24) is 24.7 Å². The smallest absolute Gasteiger partial charge is 0.329 e. The number of hydrogen-bond donors (Lipinski definition) is 2. The van der Waals surface area contributed by atoms with Gasteiger partial charge in [-0.25, -0.2) is 4.79 Å². The Labute approximate surface area is 168 Å². The van der Waals surface area contributed by atoms with Gasteiger partial charge in [-0.1, -0.05) is 6.07 Å². The van der Waals surface area contributed by atoms with Crippen LogP contribution in [0.25, 0.3) is 11.0 Å². The fraction of sp³-hybridized carbons (Fsp3) is 0.550. The zero-order valence-electron chi connectivity index (χ0n) is 16.6. The van der Waals surface area contributed by atoms with Gasteiger partial charge >= 0.3 is 5.69 Å². The van der Waals surface area contributed by atoms with Crippen molar-refractivity contribution in [2.45, 2.75) is 24.9 Å². The van der Waals surface area contributed by atoms with E-state index in [-0.39, 0.29) is 18.0 Å². The number of amides is 2. The number of anilines is 1. The number of nitrogens with zero attached hydrogens (tertiary/aromatic N) is 4. The second-order valence-corrected chi connectivity index (χ2v) is 8.16. The summed E-state index contributed by atoms with van der Waals surface area (Å²) in [5.41, 5.74) is 2.40. The monoisotopic (exact) mass is 398 g/mol. The lowest BCUT2D eigenvalue weighted by molar-refractivity contribution is -0.135. The molecule has 3 aliphatic heterocycles. The van der Waals surface area contributed by atoms with Gasteiger partial charge in [-0.05, 0) is 18.6 Å². The molecule has 3 aliphatic rings. The standard InChI is InChI=1S/C20H26N6O3/c1-23-18-14(25-9-7-24(8-10-25)13-11-21-12-13)3-2-4-15(18)26(20(23)29)16-5-6-17(27)22-19(16)28/h2-4,13,16,21H,5-12H2,1H3,(H,22,27,28). The molecule has 2 aromatic rings. The Balaban J connectivity index is 1.49. The third kappa shape index (κ3) is 2.96. The van der Waals surface area contributed by atoms with Gasteiger partial charge in [-0.2, -0.15) is 0 Å². The predicted octanol–water partition coefficient (Wildman–Crippen LogP) is -0.588. The highest BCUT2D eigenvalue weighted by molar-refractivity contribution is 6.00. The molecule has 3 fully saturated rings. The van der Waals surface area contributed by atoms with Crippen LogP contribution in [0, 0.1) is 0 Å². The van der Waals surface area contributed by atoms with Gasteiger partial charge < -0.3 is 10.2 Å². The van der Waals surface area contributed by atoms with Crippen LogP contribution in [0.2, 0.25) is 0 Å². The summed E-state index contributed by atoms with van der Waals surface area (Å²) in [5.74, 6) is -0.677. The number of para-hydroxylation sites is 1. The van der Waals surface area contributed by atoms with Gasteiger partial charge in [0, 0.05) is 58.8 Å². The van der Waals surface area contributed by atoms with Crippen LogP contribution in [0.4, 0.5) is 5.69 Å². The third-order valence-electron chi connectivity index (χ3n) is 6.53. The highest BCUT2D eigenvalue weighted by Gasteiger charge is 2.33. The first kappa shape index (κ1) is 18.4. The lowest BCUT2D eigenvalue weighted by atomic mass is 10.1. The maximum atomic E-state index is 13.1. The van der Waals surface area contributed by atoms with E-state index < -0.39 is 11.9 Å². The van der Waals surface area contributed by atoms with Crippen molar-refractivity contribution in [3.8, 4) is 0 Å². The largest absolute Gasteiger partial charge is 0.367 e. The number of hydrogen-bond acceptors (Lipinski definition) is 6. The molecule has 2 N–H and O–H groups in total. The first-order valence-corrected chi connectivity index (χ1v) is 10.3. The number of carbonyl (C=O) groups is 2. The number of rotatable bonds is 3. The van der Waals surface area contributed by atoms with E-state index in [0.29, 0.717) is 12.5 Å². The number of carbonyl (C=O) groups excluding carboxylic acids is 2. The summed E-state index contributed by atoms with van der Waals surface area (Å²) in [4.78, 5) is 41.9. The van der Waals surface area contributed by atoms with Crippen LogP contribution in [0.5, 0.6) is 0 Å². The Kier molecular flexibility index (Phi) is 4.44. The highest BCUT2D eigenvalue weighted by atomic mass is 16.2. The predicted molar refractivity (Wildman–Crippen MR) is 109 cm³/mol. The molecule has 1 aromatic carbocycles. The van der Waals surface area contributed by atoms with E-state index in [4.69, 9.17) is 0 Å². The molecule has 1 aromatic heterocycles. The van der Waals surface area contributed by atoms with Gasteiger partial charge in [0.1, 0.15) is 6.04 Å². The number of imidazole rings is 1. The SMILES string of the molecule is Cn1c(=O)n(C2CCC(=O)NC2=O)c2cccc(N3CCN(C4CNC4)CC3)c21. The average Bonchev–Trinajstić information content (AvgIpc) is 2.92. The molecule has 3 saturated heterocycles. The number of aryl methyl sites for hydroxylation is 1. The van der Waals surface area contributed by atoms with Crippen molar-refractivity contribution in [3.63, 3.8) is 0 Å².